The third-order valence-electron chi connectivity index (χ3n) is 10.9. The number of fused-ring (bicyclic) bond motifs is 2. The van der Waals surface area contributed by atoms with Gasteiger partial charge in [-0.25, -0.2) is 9.07 Å². The summed E-state index contributed by atoms with van der Waals surface area (Å²) in [7, 11) is 0. The molecule has 0 aliphatic carbocycles. The van der Waals surface area contributed by atoms with Gasteiger partial charge < -0.3 is 68.5 Å². The molecule has 67 heavy (non-hydrogen) atoms. The third-order valence-corrected chi connectivity index (χ3v) is 10.9. The molecule has 2 bridgehead atoms. The number of aliphatic imine (C=N–C) groups is 1. The van der Waals surface area contributed by atoms with Gasteiger partial charge in [-0.05, 0) is 68.4 Å². The fourth-order valence-electron chi connectivity index (χ4n) is 7.31. The number of nitrogens with zero attached hydrogens (tertiary/aromatic N) is 4. The maximum absolute atomic E-state index is 14.2. The molecular weight excluding hydrogens is 884 g/mol. The summed E-state index contributed by atoms with van der Waals surface area (Å²) in [5.74, 6) is -6.85. The number of aliphatic hydroxyl groups is 3. The van der Waals surface area contributed by atoms with E-state index < -0.39 is 115 Å². The number of carbonyl (C=O) groups is 7. The van der Waals surface area contributed by atoms with E-state index in [0.717, 1.165) is 17.7 Å². The van der Waals surface area contributed by atoms with Gasteiger partial charge in [-0.1, -0.05) is 35.5 Å². The van der Waals surface area contributed by atoms with Gasteiger partial charge >= 0.3 is 5.97 Å². The van der Waals surface area contributed by atoms with Crippen LogP contribution in [-0.2, 0) is 39.9 Å². The van der Waals surface area contributed by atoms with E-state index in [0.29, 0.717) is 0 Å². The van der Waals surface area contributed by atoms with Crippen LogP contribution in [0.15, 0.2) is 65.8 Å². The number of carboxylic acid groups (broad SMARTS) is 1. The van der Waals surface area contributed by atoms with E-state index in [-0.39, 0.29) is 75.4 Å². The smallest absolute Gasteiger partial charge is 0.305 e. The maximum atomic E-state index is 14.2. The highest BCUT2D eigenvalue weighted by molar-refractivity contribution is 5.95. The van der Waals surface area contributed by atoms with Crippen molar-refractivity contribution in [3.8, 4) is 0 Å². The number of aromatic nitrogens is 3. The van der Waals surface area contributed by atoms with Gasteiger partial charge in [0.05, 0.1) is 25.2 Å². The number of carbonyl (C=O) groups excluding carboxylic acids is 6. The van der Waals surface area contributed by atoms with Gasteiger partial charge in [-0.2, -0.15) is 0 Å². The molecule has 0 saturated carbocycles. The number of hydrogen-bond acceptors (Lipinski definition) is 14. The fourth-order valence-corrected chi connectivity index (χ4v) is 7.31. The first kappa shape index (κ1) is 50.9. The van der Waals surface area contributed by atoms with Crippen molar-refractivity contribution in [2.45, 2.75) is 99.6 Å². The van der Waals surface area contributed by atoms with Crippen molar-refractivity contribution >= 4 is 47.4 Å². The lowest BCUT2D eigenvalue weighted by Crippen LogP contribution is -2.63. The zero-order valence-electron chi connectivity index (χ0n) is 36.1. The highest BCUT2D eigenvalue weighted by atomic mass is 19.1. The number of carboxylic acids is 1. The molecule has 0 radical (unpaired) electrons. The molecule has 2 aliphatic heterocycles. The van der Waals surface area contributed by atoms with Crippen molar-refractivity contribution in [1.82, 2.24) is 46.9 Å². The highest BCUT2D eigenvalue weighted by Gasteiger charge is 2.46. The molecule has 5 rings (SSSR count). The van der Waals surface area contributed by atoms with Crippen LogP contribution in [0.3, 0.4) is 0 Å². The molecule has 6 amide bonds. The Morgan fingerprint density at radius 1 is 0.836 bits per heavy atom. The first-order valence-electron chi connectivity index (χ1n) is 21.4. The lowest BCUT2D eigenvalue weighted by molar-refractivity contribution is -0.218. The Hall–Kier alpha value is -7.09. The van der Waals surface area contributed by atoms with Crippen molar-refractivity contribution < 1.29 is 63.1 Å². The van der Waals surface area contributed by atoms with Crippen LogP contribution in [0.4, 0.5) is 4.39 Å². The van der Waals surface area contributed by atoms with Gasteiger partial charge in [0.25, 0.3) is 11.8 Å². The molecule has 1 aromatic heterocycles. The van der Waals surface area contributed by atoms with Crippen molar-refractivity contribution in [1.29, 1.82) is 0 Å². The number of guanidine groups is 1. The summed E-state index contributed by atoms with van der Waals surface area (Å²) in [6.45, 7) is -0.995. The monoisotopic (exact) mass is 938 g/mol. The molecule has 14 N–H and O–H groups in total. The first-order chi connectivity index (χ1) is 32.0. The van der Waals surface area contributed by atoms with Gasteiger partial charge in [0.2, 0.25) is 23.6 Å². The summed E-state index contributed by atoms with van der Waals surface area (Å²) in [5.41, 5.74) is 11.9. The number of amides is 6. The van der Waals surface area contributed by atoms with E-state index >= 15 is 0 Å². The molecule has 3 aromatic rings. The third kappa shape index (κ3) is 15.0. The van der Waals surface area contributed by atoms with E-state index in [9.17, 15) is 58.4 Å². The minimum atomic E-state index is -1.85. The van der Waals surface area contributed by atoms with E-state index in [2.05, 4.69) is 47.2 Å². The number of aliphatic carboxylic acids is 1. The van der Waals surface area contributed by atoms with Crippen LogP contribution >= 0.6 is 0 Å². The molecule has 2 unspecified atom stereocenters. The second kappa shape index (κ2) is 24.4. The van der Waals surface area contributed by atoms with Gasteiger partial charge in [-0.15, -0.1) is 5.10 Å². The molecule has 25 heteroatoms. The number of nitrogens with two attached hydrogens (primary N) is 2. The lowest BCUT2D eigenvalue weighted by Gasteiger charge is -2.40. The fraction of sp³-hybridized carbons (Fsp3) is 0.476. The molecule has 9 atom stereocenters. The zero-order chi connectivity index (χ0) is 48.6. The largest absolute Gasteiger partial charge is 0.481 e. The van der Waals surface area contributed by atoms with Crippen molar-refractivity contribution in [3.63, 3.8) is 0 Å². The molecule has 0 spiro atoms. The molecule has 3 heterocycles. The Bertz CT molecular complexity index is 2230. The molecular formula is C42H55FN12O12. The summed E-state index contributed by atoms with van der Waals surface area (Å²) in [6, 6.07) is 8.67. The Balaban J connectivity index is 1.32. The SMILES string of the molecule is NC(N)=NCCC[C@@H]1NC(=O)[C@H](CCCCNC(=O)C2O[C@H](CNC(=O)c3ccc(F)cc3)[C@H](O)C(O)[C@@H]2O)n2cc(nn2)[C@H](Cc2ccccc2)NC(=O)[C@H](CC(=O)O)NC(=O)CNC1=O. The first-order valence-corrected chi connectivity index (χ1v) is 21.4. The van der Waals surface area contributed by atoms with Crippen LogP contribution < -0.4 is 43.4 Å². The number of ether oxygens (including phenoxy) is 1. The second-order valence-corrected chi connectivity index (χ2v) is 15.9. The van der Waals surface area contributed by atoms with Gasteiger partial charge in [0.1, 0.15) is 54.1 Å². The number of rotatable bonds is 17. The zero-order valence-corrected chi connectivity index (χ0v) is 36.1. The number of aliphatic hydroxyl groups excluding tert-OH is 3. The lowest BCUT2D eigenvalue weighted by atomic mass is 9.94. The highest BCUT2D eigenvalue weighted by Crippen LogP contribution is 2.23. The number of benzene rings is 2. The van der Waals surface area contributed by atoms with E-state index in [1.165, 1.54) is 23.0 Å². The molecule has 362 valence electrons. The molecule has 1 saturated heterocycles. The van der Waals surface area contributed by atoms with Crippen molar-refractivity contribution in [2.75, 3.05) is 26.2 Å². The number of hydrogen-bond donors (Lipinski definition) is 12. The number of unbranched alkanes of at least 4 members (excludes halogenated alkanes) is 1. The van der Waals surface area contributed by atoms with Gasteiger partial charge in [0, 0.05) is 25.2 Å². The average Bonchev–Trinajstić information content (AvgIpc) is 3.78. The van der Waals surface area contributed by atoms with Crippen molar-refractivity contribution in [3.05, 3.63) is 83.4 Å². The average molecular weight is 939 g/mol. The van der Waals surface area contributed by atoms with E-state index in [1.807, 2.05) is 0 Å². The van der Waals surface area contributed by atoms with Gasteiger partial charge in [-0.3, -0.25) is 38.6 Å². The standard InChI is InChI=1S/C42H55FN12O12/c43-24-13-11-23(12-14-24)37(62)48-19-30-33(59)34(60)35(61)36(67-30)41(66)46-15-5-4-10-29-40(65)51-25(9-6-16-47-42(44)45)38(63)49-20-31(56)50-27(18-32(57)58)39(64)52-26(28-21-55(29)54-53-28)17-22-7-2-1-3-8-22/h1-3,7-8,11-14,21,25-27,29-30,33-36,59-61H,4-6,9-10,15-20H2,(H,46,66)(H,48,62)(H,49,63)(H,50,56)(H,51,65)(H,52,64)(H,57,58)(H4,44,45,47)/t25-,26-,27-,29-,30+,33-,34?,35-,36?/m0/s1. The van der Waals surface area contributed by atoms with Crippen LogP contribution in [0.2, 0.25) is 0 Å². The quantitative estimate of drug-likeness (QED) is 0.0356. The van der Waals surface area contributed by atoms with Gasteiger partial charge in [0.15, 0.2) is 12.1 Å². The Morgan fingerprint density at radius 3 is 2.25 bits per heavy atom. The molecule has 2 aromatic carbocycles. The maximum Gasteiger partial charge on any atom is 0.305 e. The van der Waals surface area contributed by atoms with Crippen LogP contribution in [0.5, 0.6) is 0 Å². The summed E-state index contributed by atoms with van der Waals surface area (Å²) in [5, 5.41) is 65.1. The Labute approximate surface area is 382 Å². The van der Waals surface area contributed by atoms with Crippen LogP contribution in [0.1, 0.15) is 72.2 Å². The van der Waals surface area contributed by atoms with Crippen LogP contribution in [-0.4, -0.2) is 152 Å². The van der Waals surface area contributed by atoms with Crippen LogP contribution in [0.25, 0.3) is 0 Å². The second-order valence-electron chi connectivity index (χ2n) is 15.9. The predicted molar refractivity (Wildman–Crippen MR) is 231 cm³/mol. The van der Waals surface area contributed by atoms with Crippen molar-refractivity contribution in [2.24, 2.45) is 16.5 Å². The molecule has 1 fully saturated rings. The number of nitrogens with one attached hydrogen (secondary N) is 6. The molecule has 24 nitrogen and oxygen atoms in total. The normalized spacial score (nSPS) is 24.8. The minimum Gasteiger partial charge on any atom is -0.481 e. The number of halogens is 1. The Morgan fingerprint density at radius 2 is 1.55 bits per heavy atom. The summed E-state index contributed by atoms with van der Waals surface area (Å²) in [6.07, 6.45) is -6.88. The summed E-state index contributed by atoms with van der Waals surface area (Å²) >= 11 is 0. The topological polar surface area (TPSA) is 377 Å². The van der Waals surface area contributed by atoms with E-state index in [1.54, 1.807) is 30.3 Å². The predicted octanol–water partition coefficient (Wildman–Crippen LogP) is -3.45. The summed E-state index contributed by atoms with van der Waals surface area (Å²) < 4.78 is 20.2. The summed E-state index contributed by atoms with van der Waals surface area (Å²) in [4.78, 5) is 95.8. The molecule has 2 aliphatic rings. The minimum absolute atomic E-state index is 0.00280. The Kier molecular flexibility index (Phi) is 18.6. The van der Waals surface area contributed by atoms with Crippen LogP contribution in [0, 0.1) is 5.82 Å². The van der Waals surface area contributed by atoms with E-state index in [4.69, 9.17) is 16.2 Å².